The van der Waals surface area contributed by atoms with Crippen LogP contribution in [0.5, 0.6) is 0 Å². The van der Waals surface area contributed by atoms with Crippen molar-refractivity contribution in [2.45, 2.75) is 25.8 Å². The van der Waals surface area contributed by atoms with Crippen LogP contribution in [0.15, 0.2) is 15.9 Å². The van der Waals surface area contributed by atoms with Gasteiger partial charge in [0.15, 0.2) is 0 Å². The summed E-state index contributed by atoms with van der Waals surface area (Å²) < 4.78 is 1.24. The van der Waals surface area contributed by atoms with E-state index in [9.17, 15) is 0 Å². The van der Waals surface area contributed by atoms with Gasteiger partial charge in [0, 0.05) is 15.4 Å². The van der Waals surface area contributed by atoms with Crippen molar-refractivity contribution in [2.75, 3.05) is 7.05 Å². The van der Waals surface area contributed by atoms with Gasteiger partial charge in [0.25, 0.3) is 0 Å². The first-order chi connectivity index (χ1) is 5.79. The largest absolute Gasteiger partial charge is 0.312 e. The summed E-state index contributed by atoms with van der Waals surface area (Å²) in [6.45, 7) is 2.21. The molecule has 12 heavy (non-hydrogen) atoms. The van der Waals surface area contributed by atoms with Gasteiger partial charge < -0.3 is 5.32 Å². The normalized spacial score (nSPS) is 13.2. The average Bonchev–Trinajstić information content (AvgIpc) is 2.47. The molecule has 0 spiro atoms. The zero-order chi connectivity index (χ0) is 8.97. The number of halogens is 1. The number of nitrogens with one attached hydrogen (secondary N) is 1. The number of thiophene rings is 1. The number of hydrogen-bond acceptors (Lipinski definition) is 2. The van der Waals surface area contributed by atoms with Crippen molar-refractivity contribution in [2.24, 2.45) is 0 Å². The predicted octanol–water partition coefficient (Wildman–Crippen LogP) is 3.57. The predicted molar refractivity (Wildman–Crippen MR) is 58.7 cm³/mol. The lowest BCUT2D eigenvalue weighted by atomic mass is 10.1. The molecule has 0 saturated carbocycles. The van der Waals surface area contributed by atoms with E-state index in [1.165, 1.54) is 22.2 Å². The molecule has 0 aromatic carbocycles. The van der Waals surface area contributed by atoms with Crippen molar-refractivity contribution in [3.63, 3.8) is 0 Å². The molecule has 0 amide bonds. The van der Waals surface area contributed by atoms with Gasteiger partial charge in [-0.3, -0.25) is 0 Å². The van der Waals surface area contributed by atoms with Gasteiger partial charge in [-0.2, -0.15) is 0 Å². The quantitative estimate of drug-likeness (QED) is 0.858. The molecule has 0 aliphatic heterocycles. The van der Waals surface area contributed by atoms with Crippen molar-refractivity contribution in [3.8, 4) is 0 Å². The molecule has 1 heterocycles. The molecule has 0 fully saturated rings. The Morgan fingerprint density at radius 2 is 2.42 bits per heavy atom. The van der Waals surface area contributed by atoms with Crippen LogP contribution in [0.25, 0.3) is 0 Å². The van der Waals surface area contributed by atoms with Gasteiger partial charge in [-0.05, 0) is 40.8 Å². The van der Waals surface area contributed by atoms with E-state index in [4.69, 9.17) is 0 Å². The first kappa shape index (κ1) is 10.2. The molecular weight excluding hydrogens is 234 g/mol. The van der Waals surface area contributed by atoms with Crippen LogP contribution >= 0.6 is 27.3 Å². The summed E-state index contributed by atoms with van der Waals surface area (Å²) in [6, 6.07) is 2.63. The van der Waals surface area contributed by atoms with E-state index in [2.05, 4.69) is 39.6 Å². The minimum atomic E-state index is 0.518. The molecule has 1 unspecified atom stereocenters. The second-order valence-corrected chi connectivity index (χ2v) is 4.56. The fourth-order valence-electron chi connectivity index (χ4n) is 1.25. The molecule has 68 valence electrons. The van der Waals surface area contributed by atoms with Crippen molar-refractivity contribution in [1.29, 1.82) is 0 Å². The lowest BCUT2D eigenvalue weighted by Gasteiger charge is -2.13. The van der Waals surface area contributed by atoms with E-state index in [0.29, 0.717) is 6.04 Å². The van der Waals surface area contributed by atoms with E-state index >= 15 is 0 Å². The molecular formula is C9H14BrNS. The monoisotopic (exact) mass is 247 g/mol. The molecule has 1 N–H and O–H groups in total. The van der Waals surface area contributed by atoms with Crippen LogP contribution in [0, 0.1) is 0 Å². The second kappa shape index (κ2) is 5.00. The van der Waals surface area contributed by atoms with Crippen LogP contribution in [0.4, 0.5) is 0 Å². The van der Waals surface area contributed by atoms with Crippen molar-refractivity contribution >= 4 is 27.3 Å². The average molecular weight is 248 g/mol. The highest BCUT2D eigenvalue weighted by atomic mass is 79.9. The van der Waals surface area contributed by atoms with Crippen LogP contribution in [-0.2, 0) is 0 Å². The van der Waals surface area contributed by atoms with Crippen LogP contribution < -0.4 is 5.32 Å². The Morgan fingerprint density at radius 1 is 1.67 bits per heavy atom. The van der Waals surface area contributed by atoms with Crippen LogP contribution in [-0.4, -0.2) is 7.05 Å². The minimum absolute atomic E-state index is 0.518. The van der Waals surface area contributed by atoms with Crippen molar-refractivity contribution in [1.82, 2.24) is 5.32 Å². The van der Waals surface area contributed by atoms with Crippen molar-refractivity contribution < 1.29 is 0 Å². The number of hydrogen-bond donors (Lipinski definition) is 1. The van der Waals surface area contributed by atoms with Crippen LogP contribution in [0.1, 0.15) is 30.7 Å². The Balaban J connectivity index is 2.72. The Hall–Kier alpha value is 0.140. The van der Waals surface area contributed by atoms with E-state index < -0.39 is 0 Å². The molecule has 0 bridgehead atoms. The summed E-state index contributed by atoms with van der Waals surface area (Å²) >= 11 is 5.36. The van der Waals surface area contributed by atoms with E-state index in [0.717, 1.165) is 0 Å². The van der Waals surface area contributed by atoms with Crippen molar-refractivity contribution in [3.05, 3.63) is 20.8 Å². The van der Waals surface area contributed by atoms with Gasteiger partial charge >= 0.3 is 0 Å². The molecule has 0 aliphatic rings. The first-order valence-electron chi connectivity index (χ1n) is 4.19. The summed E-state index contributed by atoms with van der Waals surface area (Å²) in [5, 5.41) is 5.45. The zero-order valence-electron chi connectivity index (χ0n) is 7.43. The van der Waals surface area contributed by atoms with E-state index in [1.54, 1.807) is 0 Å². The lowest BCUT2D eigenvalue weighted by Crippen LogP contribution is -2.14. The summed E-state index contributed by atoms with van der Waals surface area (Å²) in [7, 11) is 2.02. The lowest BCUT2D eigenvalue weighted by molar-refractivity contribution is 0.548. The third kappa shape index (κ3) is 2.31. The molecule has 1 rings (SSSR count). The standard InChI is InChI=1S/C9H14BrNS/c1-3-4-8(11-2)9-7(10)5-6-12-9/h5-6,8,11H,3-4H2,1-2H3. The molecule has 0 saturated heterocycles. The fourth-order valence-corrected chi connectivity index (χ4v) is 3.04. The fraction of sp³-hybridized carbons (Fsp3) is 0.556. The van der Waals surface area contributed by atoms with Gasteiger partial charge in [-0.1, -0.05) is 13.3 Å². The second-order valence-electron chi connectivity index (χ2n) is 2.76. The molecule has 0 aliphatic carbocycles. The van der Waals surface area contributed by atoms with Gasteiger partial charge in [-0.25, -0.2) is 0 Å². The molecule has 3 heteroatoms. The van der Waals surface area contributed by atoms with Gasteiger partial charge in [-0.15, -0.1) is 11.3 Å². The summed E-state index contributed by atoms with van der Waals surface area (Å²) in [4.78, 5) is 1.42. The molecule has 1 nitrogen and oxygen atoms in total. The third-order valence-corrected chi connectivity index (χ3v) is 3.87. The summed E-state index contributed by atoms with van der Waals surface area (Å²) in [5.41, 5.74) is 0. The zero-order valence-corrected chi connectivity index (χ0v) is 9.83. The molecule has 1 aromatic rings. The highest BCUT2D eigenvalue weighted by Gasteiger charge is 2.12. The SMILES string of the molecule is CCCC(NC)c1sccc1Br. The maximum absolute atomic E-state index is 3.55. The minimum Gasteiger partial charge on any atom is -0.312 e. The van der Waals surface area contributed by atoms with Crippen LogP contribution in [0.3, 0.4) is 0 Å². The van der Waals surface area contributed by atoms with Gasteiger partial charge in [0.05, 0.1) is 0 Å². The smallest absolute Gasteiger partial charge is 0.0423 e. The van der Waals surface area contributed by atoms with E-state index in [1.807, 2.05) is 18.4 Å². The topological polar surface area (TPSA) is 12.0 Å². The summed E-state index contributed by atoms with van der Waals surface area (Å²) in [6.07, 6.45) is 2.42. The van der Waals surface area contributed by atoms with Gasteiger partial charge in [0.1, 0.15) is 0 Å². The Labute approximate surface area is 86.3 Å². The third-order valence-electron chi connectivity index (χ3n) is 1.89. The number of rotatable bonds is 4. The Morgan fingerprint density at radius 3 is 2.83 bits per heavy atom. The maximum atomic E-state index is 3.55. The molecule has 1 atom stereocenters. The molecule has 1 aromatic heterocycles. The highest BCUT2D eigenvalue weighted by Crippen LogP contribution is 2.31. The summed E-state index contributed by atoms with van der Waals surface area (Å²) in [5.74, 6) is 0. The molecule has 0 radical (unpaired) electrons. The first-order valence-corrected chi connectivity index (χ1v) is 5.87. The van der Waals surface area contributed by atoms with Crippen LogP contribution in [0.2, 0.25) is 0 Å². The van der Waals surface area contributed by atoms with Gasteiger partial charge in [0.2, 0.25) is 0 Å². The Bertz CT molecular complexity index is 234. The van der Waals surface area contributed by atoms with E-state index in [-0.39, 0.29) is 0 Å². The maximum Gasteiger partial charge on any atom is 0.0423 e. The Kier molecular flexibility index (Phi) is 4.26. The highest BCUT2D eigenvalue weighted by molar-refractivity contribution is 9.10.